The van der Waals surface area contributed by atoms with E-state index in [9.17, 15) is 9.59 Å². The Morgan fingerprint density at radius 3 is 2.27 bits per heavy atom. The van der Waals surface area contributed by atoms with Gasteiger partial charge in [0.25, 0.3) is 5.91 Å². The quantitative estimate of drug-likeness (QED) is 0.882. The minimum atomic E-state index is -0.652. The van der Waals surface area contributed by atoms with E-state index in [2.05, 4.69) is 5.32 Å². The molecule has 5 nitrogen and oxygen atoms in total. The second kappa shape index (κ2) is 7.81. The van der Waals surface area contributed by atoms with Crippen LogP contribution in [0.5, 0.6) is 0 Å². The Hall–Kier alpha value is -1.30. The van der Waals surface area contributed by atoms with Crippen molar-refractivity contribution in [1.29, 1.82) is 0 Å². The molecule has 0 aliphatic heterocycles. The molecule has 0 fully saturated rings. The number of carbonyl (C=O) groups excluding carboxylic acids is 2. The second-order valence-electron chi connectivity index (χ2n) is 6.23. The molecule has 0 spiro atoms. The average molecular weight is 348 g/mol. The maximum atomic E-state index is 12.1. The number of hydrogen-bond acceptors (Lipinski definition) is 3. The lowest BCUT2D eigenvalue weighted by atomic mass is 9.87. The lowest BCUT2D eigenvalue weighted by Gasteiger charge is -2.26. The zero-order valence-electron chi connectivity index (χ0n) is 13.4. The molecule has 2 amide bonds. The third kappa shape index (κ3) is 5.16. The summed E-state index contributed by atoms with van der Waals surface area (Å²) < 4.78 is 0. The summed E-state index contributed by atoms with van der Waals surface area (Å²) in [5, 5.41) is 3.06. The fourth-order valence-electron chi connectivity index (χ4n) is 1.62. The zero-order chi connectivity index (χ0) is 16.4. The van der Waals surface area contributed by atoms with Crippen molar-refractivity contribution in [3.05, 3.63) is 28.8 Å². The van der Waals surface area contributed by atoms with Crippen LogP contribution in [0.4, 0.5) is 5.69 Å². The summed E-state index contributed by atoms with van der Waals surface area (Å²) >= 11 is 6.02. The van der Waals surface area contributed by atoms with Gasteiger partial charge in [-0.25, -0.2) is 0 Å². The Morgan fingerprint density at radius 1 is 1.27 bits per heavy atom. The predicted octanol–water partition coefficient (Wildman–Crippen LogP) is 2.78. The second-order valence-corrected chi connectivity index (χ2v) is 6.63. The molecule has 1 aromatic rings. The molecule has 0 bridgehead atoms. The van der Waals surface area contributed by atoms with Crippen molar-refractivity contribution < 1.29 is 9.59 Å². The van der Waals surface area contributed by atoms with Crippen LogP contribution in [0.25, 0.3) is 0 Å². The van der Waals surface area contributed by atoms with Gasteiger partial charge in [-0.1, -0.05) is 32.4 Å². The first-order valence-electron chi connectivity index (χ1n) is 6.61. The Balaban J connectivity index is 0.00000441. The van der Waals surface area contributed by atoms with Gasteiger partial charge in [0, 0.05) is 19.8 Å². The highest BCUT2D eigenvalue weighted by atomic mass is 35.5. The van der Waals surface area contributed by atoms with E-state index in [0.717, 1.165) is 0 Å². The summed E-state index contributed by atoms with van der Waals surface area (Å²) in [7, 11) is 3.28. The van der Waals surface area contributed by atoms with Crippen molar-refractivity contribution in [2.24, 2.45) is 11.1 Å². The van der Waals surface area contributed by atoms with Crippen molar-refractivity contribution in [2.45, 2.75) is 26.8 Å². The van der Waals surface area contributed by atoms with Gasteiger partial charge in [0.2, 0.25) is 5.91 Å². The van der Waals surface area contributed by atoms with Crippen molar-refractivity contribution >= 4 is 41.5 Å². The van der Waals surface area contributed by atoms with Gasteiger partial charge in [-0.15, -0.1) is 12.4 Å². The number of nitrogens with one attached hydrogen (secondary N) is 1. The molecule has 1 aromatic carbocycles. The fourth-order valence-corrected chi connectivity index (χ4v) is 1.82. The number of carbonyl (C=O) groups is 2. The summed E-state index contributed by atoms with van der Waals surface area (Å²) in [5.41, 5.74) is 6.39. The Bertz CT molecular complexity index is 554. The minimum absolute atomic E-state index is 0. The highest BCUT2D eigenvalue weighted by molar-refractivity contribution is 6.34. The molecular formula is C15H23Cl2N3O2. The third-order valence-corrected chi connectivity index (χ3v) is 3.42. The highest BCUT2D eigenvalue weighted by Crippen LogP contribution is 2.23. The van der Waals surface area contributed by atoms with Crippen LogP contribution in [-0.2, 0) is 4.79 Å². The average Bonchev–Trinajstić information content (AvgIpc) is 2.37. The van der Waals surface area contributed by atoms with Crippen molar-refractivity contribution in [3.63, 3.8) is 0 Å². The van der Waals surface area contributed by atoms with Crippen LogP contribution < -0.4 is 11.1 Å². The first-order valence-corrected chi connectivity index (χ1v) is 6.99. The molecule has 1 atom stereocenters. The molecule has 1 rings (SSSR count). The molecule has 22 heavy (non-hydrogen) atoms. The molecule has 3 N–H and O–H groups in total. The van der Waals surface area contributed by atoms with Gasteiger partial charge in [0.1, 0.15) is 0 Å². The number of benzene rings is 1. The summed E-state index contributed by atoms with van der Waals surface area (Å²) in [5.74, 6) is -0.524. The van der Waals surface area contributed by atoms with E-state index in [0.29, 0.717) is 16.3 Å². The summed E-state index contributed by atoms with van der Waals surface area (Å²) in [6, 6.07) is 4.12. The largest absolute Gasteiger partial charge is 0.345 e. The number of nitrogens with zero attached hydrogens (tertiary/aromatic N) is 1. The number of anilines is 1. The lowest BCUT2D eigenvalue weighted by Crippen LogP contribution is -2.45. The molecular weight excluding hydrogens is 325 g/mol. The number of rotatable bonds is 3. The molecule has 0 saturated heterocycles. The number of hydrogen-bond donors (Lipinski definition) is 2. The highest BCUT2D eigenvalue weighted by Gasteiger charge is 2.27. The molecule has 0 aliphatic rings. The fraction of sp³-hybridized carbons (Fsp3) is 0.467. The smallest absolute Gasteiger partial charge is 0.254 e. The molecule has 0 aliphatic carbocycles. The Kier molecular flexibility index (Phi) is 7.35. The van der Waals surface area contributed by atoms with Crippen LogP contribution in [0.2, 0.25) is 5.02 Å². The summed E-state index contributed by atoms with van der Waals surface area (Å²) in [6.07, 6.45) is 0. The topological polar surface area (TPSA) is 75.4 Å². The van der Waals surface area contributed by atoms with Crippen LogP contribution in [0.15, 0.2) is 18.2 Å². The first kappa shape index (κ1) is 20.7. The minimum Gasteiger partial charge on any atom is -0.345 e. The van der Waals surface area contributed by atoms with Gasteiger partial charge < -0.3 is 16.0 Å². The normalized spacial score (nSPS) is 12.1. The molecule has 0 aromatic heterocycles. The number of amides is 2. The number of nitrogens with two attached hydrogens (primary N) is 1. The Labute approximate surface area is 142 Å². The third-order valence-electron chi connectivity index (χ3n) is 3.09. The maximum Gasteiger partial charge on any atom is 0.254 e. The molecule has 124 valence electrons. The molecule has 7 heteroatoms. The van der Waals surface area contributed by atoms with Crippen LogP contribution in [0.1, 0.15) is 31.1 Å². The maximum absolute atomic E-state index is 12.1. The first-order chi connectivity index (χ1) is 9.54. The lowest BCUT2D eigenvalue weighted by molar-refractivity contribution is -0.119. The SMILES string of the molecule is CN(C)C(=O)c1cc(NC(=O)[C@@H](N)C(C)(C)C)ccc1Cl.Cl. The van der Waals surface area contributed by atoms with E-state index in [-0.39, 0.29) is 29.6 Å². The van der Waals surface area contributed by atoms with E-state index in [1.807, 2.05) is 20.8 Å². The van der Waals surface area contributed by atoms with Crippen LogP contribution in [-0.4, -0.2) is 36.9 Å². The van der Waals surface area contributed by atoms with Crippen LogP contribution in [0.3, 0.4) is 0 Å². The van der Waals surface area contributed by atoms with Crippen molar-refractivity contribution in [2.75, 3.05) is 19.4 Å². The summed E-state index contributed by atoms with van der Waals surface area (Å²) in [4.78, 5) is 25.5. The van der Waals surface area contributed by atoms with Crippen molar-refractivity contribution in [3.8, 4) is 0 Å². The Morgan fingerprint density at radius 2 is 1.82 bits per heavy atom. The van der Waals surface area contributed by atoms with E-state index >= 15 is 0 Å². The van der Waals surface area contributed by atoms with Gasteiger partial charge in [-0.05, 0) is 23.6 Å². The molecule has 0 unspecified atom stereocenters. The standard InChI is InChI=1S/C15H22ClN3O2.ClH/c1-15(2,3)12(17)13(20)18-9-6-7-11(16)10(8-9)14(21)19(4)5;/h6-8,12H,17H2,1-5H3,(H,18,20);1H/t12-;/m1./s1. The van der Waals surface area contributed by atoms with Gasteiger partial charge in [0.15, 0.2) is 0 Å². The van der Waals surface area contributed by atoms with Gasteiger partial charge in [0.05, 0.1) is 16.6 Å². The van der Waals surface area contributed by atoms with Crippen molar-refractivity contribution in [1.82, 2.24) is 4.90 Å². The zero-order valence-corrected chi connectivity index (χ0v) is 15.0. The molecule has 0 saturated carbocycles. The van der Waals surface area contributed by atoms with Crippen LogP contribution >= 0.6 is 24.0 Å². The van der Waals surface area contributed by atoms with Gasteiger partial charge in [-0.3, -0.25) is 9.59 Å². The summed E-state index contributed by atoms with van der Waals surface area (Å²) in [6.45, 7) is 5.67. The monoisotopic (exact) mass is 347 g/mol. The van der Waals surface area contributed by atoms with E-state index in [1.54, 1.807) is 32.3 Å². The van der Waals surface area contributed by atoms with E-state index < -0.39 is 6.04 Å². The number of halogens is 2. The predicted molar refractivity (Wildman–Crippen MR) is 92.8 cm³/mol. The van der Waals surface area contributed by atoms with Crippen LogP contribution in [0, 0.1) is 5.41 Å². The van der Waals surface area contributed by atoms with Gasteiger partial charge >= 0.3 is 0 Å². The van der Waals surface area contributed by atoms with Gasteiger partial charge in [-0.2, -0.15) is 0 Å². The molecule has 0 heterocycles. The van der Waals surface area contributed by atoms with E-state index in [4.69, 9.17) is 17.3 Å². The van der Waals surface area contributed by atoms with E-state index in [1.165, 1.54) is 4.90 Å². The molecule has 0 radical (unpaired) electrons.